The average molecular weight is 768 g/mol. The number of hydrogen-bond acceptors (Lipinski definition) is 5. The summed E-state index contributed by atoms with van der Waals surface area (Å²) in [4.78, 5) is 25.0. The van der Waals surface area contributed by atoms with E-state index in [1.807, 2.05) is 124 Å². The molecule has 58 heavy (non-hydrogen) atoms. The Balaban J connectivity index is 1.23. The number of nitrogens with zero attached hydrogens (tertiary/aromatic N) is 7. The maximum absolute atomic E-state index is 14.7. The third kappa shape index (κ3) is 6.22. The van der Waals surface area contributed by atoms with Crippen LogP contribution < -0.4 is 0 Å². The van der Waals surface area contributed by atoms with Crippen LogP contribution in [0, 0.1) is 23.3 Å². The first-order valence-corrected chi connectivity index (χ1v) is 18.6. The van der Waals surface area contributed by atoms with Crippen LogP contribution in [0.1, 0.15) is 18.7 Å². The van der Waals surface area contributed by atoms with E-state index in [1.165, 1.54) is 24.3 Å². The van der Waals surface area contributed by atoms with Gasteiger partial charge in [0.15, 0.2) is 17.5 Å². The lowest BCUT2D eigenvalue weighted by Gasteiger charge is -2.20. The summed E-state index contributed by atoms with van der Waals surface area (Å²) in [6, 6.07) is 38.8. The molecule has 0 aliphatic heterocycles. The van der Waals surface area contributed by atoms with Gasteiger partial charge in [0.05, 0.1) is 33.5 Å². The summed E-state index contributed by atoms with van der Waals surface area (Å²) >= 11 is 0. The summed E-state index contributed by atoms with van der Waals surface area (Å²) in [7, 11) is 0. The summed E-state index contributed by atoms with van der Waals surface area (Å²) in [5.41, 5.74) is 6.71. The Labute approximate surface area is 329 Å². The molecule has 0 unspecified atom stereocenters. The van der Waals surface area contributed by atoms with E-state index in [4.69, 9.17) is 24.9 Å². The normalized spacial score (nSPS) is 12.9. The molecule has 0 amide bonds. The second-order valence-electron chi connectivity index (χ2n) is 13.8. The fraction of sp³-hybridized carbons (Fsp3) is 0.0426. The van der Waals surface area contributed by atoms with Crippen molar-refractivity contribution in [2.45, 2.75) is 12.8 Å². The number of hydrogen-bond donors (Lipinski definition) is 0. The molecule has 11 heteroatoms. The third-order valence-electron chi connectivity index (χ3n) is 10.1. The standard InChI is InChI=1S/C47H29F4N7/c48-31-22-29(23-32(49)26-31)46-52-37-16-6-10-20-41(37)57(46)39-18-8-4-14-35(39)44-54-43(28-12-2-1-3-13-28)55-45(56-44)36-15-5-9-19-40(36)58-42-21-11-7-17-38(42)53-47(58)30-24-33(50)27-34(51)25-30/h1-4,6-14,16-27H,5,15H2. The molecule has 3 aromatic heterocycles. The molecule has 0 fully saturated rings. The zero-order valence-electron chi connectivity index (χ0n) is 30.5. The van der Waals surface area contributed by atoms with Gasteiger partial charge in [0.25, 0.3) is 0 Å². The van der Waals surface area contributed by atoms with Crippen molar-refractivity contribution in [1.82, 2.24) is 34.1 Å². The average Bonchev–Trinajstić information content (AvgIpc) is 3.83. The first-order valence-electron chi connectivity index (χ1n) is 18.6. The maximum atomic E-state index is 14.7. The van der Waals surface area contributed by atoms with Gasteiger partial charge in [0, 0.05) is 40.0 Å². The molecule has 0 spiro atoms. The topological polar surface area (TPSA) is 74.3 Å². The van der Waals surface area contributed by atoms with E-state index in [2.05, 4.69) is 0 Å². The molecule has 3 heterocycles. The fourth-order valence-corrected chi connectivity index (χ4v) is 7.59. The molecule has 6 aromatic carbocycles. The zero-order valence-corrected chi connectivity index (χ0v) is 30.5. The predicted molar refractivity (Wildman–Crippen MR) is 217 cm³/mol. The first kappa shape index (κ1) is 34.9. The minimum Gasteiger partial charge on any atom is -0.292 e. The van der Waals surface area contributed by atoms with Crippen LogP contribution in [0.25, 0.3) is 84.6 Å². The van der Waals surface area contributed by atoms with Crippen molar-refractivity contribution in [3.05, 3.63) is 181 Å². The van der Waals surface area contributed by atoms with E-state index in [-0.39, 0.29) is 11.1 Å². The van der Waals surface area contributed by atoms with E-state index in [9.17, 15) is 17.6 Å². The van der Waals surface area contributed by atoms with Gasteiger partial charge in [-0.1, -0.05) is 72.8 Å². The van der Waals surface area contributed by atoms with Crippen LogP contribution in [0.5, 0.6) is 0 Å². The highest BCUT2D eigenvalue weighted by Crippen LogP contribution is 2.39. The highest BCUT2D eigenvalue weighted by atomic mass is 19.1. The molecule has 280 valence electrons. The Morgan fingerprint density at radius 1 is 0.448 bits per heavy atom. The number of benzene rings is 6. The number of halogens is 4. The molecule has 10 rings (SSSR count). The van der Waals surface area contributed by atoms with E-state index < -0.39 is 23.3 Å². The SMILES string of the molecule is Fc1cc(F)cc(-c2nc3ccccc3n2C2=C(c3nc(-c4ccccc4)nc(-c4ccccc4-n4c(-c5cc(F)cc(F)c5)nc5ccccc54)n3)CCC=C2)c1. The Bertz CT molecular complexity index is 3090. The Morgan fingerprint density at radius 2 is 0.966 bits per heavy atom. The van der Waals surface area contributed by atoms with Crippen molar-refractivity contribution in [3.63, 3.8) is 0 Å². The Morgan fingerprint density at radius 3 is 1.62 bits per heavy atom. The number of imidazole rings is 2. The molecule has 1 aliphatic rings. The summed E-state index contributed by atoms with van der Waals surface area (Å²) in [6.45, 7) is 0. The second kappa shape index (κ2) is 14.2. The smallest absolute Gasteiger partial charge is 0.166 e. The van der Waals surface area contributed by atoms with Gasteiger partial charge in [-0.2, -0.15) is 0 Å². The van der Waals surface area contributed by atoms with Crippen molar-refractivity contribution >= 4 is 33.3 Å². The minimum atomic E-state index is -0.724. The van der Waals surface area contributed by atoms with Crippen LogP contribution in [-0.2, 0) is 0 Å². The van der Waals surface area contributed by atoms with Crippen LogP contribution >= 0.6 is 0 Å². The number of aromatic nitrogens is 7. The van der Waals surface area contributed by atoms with Gasteiger partial charge in [-0.3, -0.25) is 9.13 Å². The number of rotatable bonds is 7. The third-order valence-corrected chi connectivity index (χ3v) is 10.1. The molecule has 7 nitrogen and oxygen atoms in total. The van der Waals surface area contributed by atoms with E-state index in [0.717, 1.165) is 28.8 Å². The lowest BCUT2D eigenvalue weighted by atomic mass is 10.00. The molecule has 0 radical (unpaired) electrons. The highest BCUT2D eigenvalue weighted by molar-refractivity contribution is 5.95. The fourth-order valence-electron chi connectivity index (χ4n) is 7.59. The number of fused-ring (bicyclic) bond motifs is 2. The molecular formula is C47H29F4N7. The van der Waals surface area contributed by atoms with Crippen LogP contribution in [0.4, 0.5) is 17.6 Å². The van der Waals surface area contributed by atoms with Gasteiger partial charge in [-0.05, 0) is 79.6 Å². The van der Waals surface area contributed by atoms with Crippen molar-refractivity contribution in [2.75, 3.05) is 0 Å². The molecule has 0 saturated carbocycles. The summed E-state index contributed by atoms with van der Waals surface area (Å²) in [6.07, 6.45) is 5.23. The summed E-state index contributed by atoms with van der Waals surface area (Å²) < 4.78 is 62.6. The van der Waals surface area contributed by atoms with Crippen molar-refractivity contribution in [3.8, 4) is 51.2 Å². The van der Waals surface area contributed by atoms with Crippen LogP contribution in [0.2, 0.25) is 0 Å². The summed E-state index contributed by atoms with van der Waals surface area (Å²) in [5.74, 6) is -1.03. The predicted octanol–water partition coefficient (Wildman–Crippen LogP) is 11.5. The van der Waals surface area contributed by atoms with Crippen LogP contribution in [0.3, 0.4) is 0 Å². The van der Waals surface area contributed by atoms with E-state index in [1.54, 1.807) is 0 Å². The second-order valence-corrected chi connectivity index (χ2v) is 13.8. The monoisotopic (exact) mass is 767 g/mol. The van der Waals surface area contributed by atoms with Gasteiger partial charge in [-0.15, -0.1) is 0 Å². The van der Waals surface area contributed by atoms with Crippen LogP contribution in [-0.4, -0.2) is 34.1 Å². The Hall–Kier alpha value is -7.53. The first-order chi connectivity index (χ1) is 28.4. The quantitative estimate of drug-likeness (QED) is 0.151. The largest absolute Gasteiger partial charge is 0.292 e. The lowest BCUT2D eigenvalue weighted by Crippen LogP contribution is -2.10. The van der Waals surface area contributed by atoms with E-state index in [0.29, 0.717) is 75.5 Å². The van der Waals surface area contributed by atoms with Crippen molar-refractivity contribution < 1.29 is 17.6 Å². The Kier molecular flexibility index (Phi) is 8.55. The molecule has 9 aromatic rings. The molecule has 0 N–H and O–H groups in total. The van der Waals surface area contributed by atoms with E-state index >= 15 is 0 Å². The molecule has 0 bridgehead atoms. The van der Waals surface area contributed by atoms with Gasteiger partial charge in [-0.25, -0.2) is 42.5 Å². The van der Waals surface area contributed by atoms with Crippen molar-refractivity contribution in [2.24, 2.45) is 0 Å². The van der Waals surface area contributed by atoms with Gasteiger partial charge < -0.3 is 0 Å². The number of allylic oxidation sites excluding steroid dienone is 4. The number of para-hydroxylation sites is 5. The minimum absolute atomic E-state index is 0.259. The van der Waals surface area contributed by atoms with Gasteiger partial charge in [0.1, 0.15) is 34.9 Å². The molecule has 1 aliphatic carbocycles. The molecular weight excluding hydrogens is 739 g/mol. The highest BCUT2D eigenvalue weighted by Gasteiger charge is 2.25. The molecule has 0 saturated heterocycles. The van der Waals surface area contributed by atoms with Gasteiger partial charge >= 0.3 is 0 Å². The molecule has 0 atom stereocenters. The summed E-state index contributed by atoms with van der Waals surface area (Å²) in [5, 5.41) is 0. The van der Waals surface area contributed by atoms with Crippen molar-refractivity contribution in [1.29, 1.82) is 0 Å². The maximum Gasteiger partial charge on any atom is 0.166 e. The lowest BCUT2D eigenvalue weighted by molar-refractivity contribution is 0.583. The van der Waals surface area contributed by atoms with Crippen LogP contribution in [0.15, 0.2) is 152 Å². The van der Waals surface area contributed by atoms with Gasteiger partial charge in [0.2, 0.25) is 0 Å². The zero-order chi connectivity index (χ0) is 39.3.